The number of hydrogen-bond acceptors (Lipinski definition) is 3. The molecule has 0 radical (unpaired) electrons. The van der Waals surface area contributed by atoms with Crippen molar-refractivity contribution in [3.05, 3.63) is 69.7 Å². The summed E-state index contributed by atoms with van der Waals surface area (Å²) in [6.45, 7) is 3.66. The van der Waals surface area contributed by atoms with Crippen LogP contribution in [0.25, 0.3) is 0 Å². The van der Waals surface area contributed by atoms with Crippen LogP contribution in [0.3, 0.4) is 0 Å². The van der Waals surface area contributed by atoms with Gasteiger partial charge in [0.25, 0.3) is 11.8 Å². The van der Waals surface area contributed by atoms with Gasteiger partial charge < -0.3 is 5.32 Å². The molecule has 2 amide bonds. The Hall–Kier alpha value is -2.37. The molecule has 0 aliphatic heterocycles. The molecule has 2 aromatic rings. The molecular formula is C19H19Cl2N3O2. The number of carbonyl (C=O) groups is 2. The molecule has 0 saturated heterocycles. The van der Waals surface area contributed by atoms with Crippen LogP contribution in [0.1, 0.15) is 29.8 Å². The van der Waals surface area contributed by atoms with Crippen LogP contribution < -0.4 is 10.7 Å². The van der Waals surface area contributed by atoms with E-state index >= 15 is 0 Å². The predicted molar refractivity (Wildman–Crippen MR) is 105 cm³/mol. The highest BCUT2D eigenvalue weighted by Crippen LogP contribution is 2.21. The maximum absolute atomic E-state index is 12.4. The molecule has 5 nitrogen and oxygen atoms in total. The van der Waals surface area contributed by atoms with Crippen molar-refractivity contribution < 1.29 is 9.59 Å². The van der Waals surface area contributed by atoms with Crippen LogP contribution in [0.4, 0.5) is 0 Å². The first-order chi connectivity index (χ1) is 12.4. The van der Waals surface area contributed by atoms with Crippen LogP contribution in [-0.2, 0) is 4.79 Å². The molecule has 0 bridgehead atoms. The van der Waals surface area contributed by atoms with Crippen LogP contribution in [0.2, 0.25) is 10.0 Å². The van der Waals surface area contributed by atoms with Crippen molar-refractivity contribution in [2.24, 2.45) is 11.0 Å². The quantitative estimate of drug-likeness (QED) is 0.578. The molecule has 2 aromatic carbocycles. The van der Waals surface area contributed by atoms with Crippen LogP contribution >= 0.6 is 23.2 Å². The first-order valence-corrected chi connectivity index (χ1v) is 8.78. The molecule has 0 fully saturated rings. The molecule has 0 spiro atoms. The second kappa shape index (κ2) is 9.36. The monoisotopic (exact) mass is 391 g/mol. The topological polar surface area (TPSA) is 70.6 Å². The normalized spacial score (nSPS) is 12.2. The summed E-state index contributed by atoms with van der Waals surface area (Å²) in [5.41, 5.74) is 3.56. The Kier molecular flexibility index (Phi) is 7.18. The Morgan fingerprint density at radius 1 is 1.08 bits per heavy atom. The number of rotatable bonds is 6. The first-order valence-electron chi connectivity index (χ1n) is 8.02. The van der Waals surface area contributed by atoms with Crippen LogP contribution in [0.15, 0.2) is 53.6 Å². The van der Waals surface area contributed by atoms with Gasteiger partial charge in [0.15, 0.2) is 0 Å². The van der Waals surface area contributed by atoms with Crippen molar-refractivity contribution in [3.8, 4) is 0 Å². The predicted octanol–water partition coefficient (Wildman–Crippen LogP) is 3.90. The second-order valence-electron chi connectivity index (χ2n) is 5.96. The van der Waals surface area contributed by atoms with Gasteiger partial charge in [0.2, 0.25) is 0 Å². The van der Waals surface area contributed by atoms with Gasteiger partial charge in [-0.3, -0.25) is 9.59 Å². The highest BCUT2D eigenvalue weighted by atomic mass is 35.5. The average Bonchev–Trinajstić information content (AvgIpc) is 2.60. The van der Waals surface area contributed by atoms with E-state index in [0.29, 0.717) is 5.02 Å². The highest BCUT2D eigenvalue weighted by Gasteiger charge is 2.25. The number of nitrogens with zero attached hydrogens (tertiary/aromatic N) is 1. The summed E-state index contributed by atoms with van der Waals surface area (Å²) in [6, 6.07) is 13.2. The summed E-state index contributed by atoms with van der Waals surface area (Å²) in [5.74, 6) is -1.00. The molecule has 0 aromatic heterocycles. The minimum atomic E-state index is -0.762. The fourth-order valence-electron chi connectivity index (χ4n) is 2.21. The van der Waals surface area contributed by atoms with E-state index < -0.39 is 17.9 Å². The zero-order valence-corrected chi connectivity index (χ0v) is 15.9. The molecule has 1 unspecified atom stereocenters. The molecule has 2 rings (SSSR count). The molecule has 136 valence electrons. The van der Waals surface area contributed by atoms with Crippen LogP contribution in [-0.4, -0.2) is 24.1 Å². The summed E-state index contributed by atoms with van der Waals surface area (Å²) in [6.07, 6.45) is 1.53. The molecule has 0 heterocycles. The van der Waals surface area contributed by atoms with E-state index in [9.17, 15) is 9.59 Å². The zero-order chi connectivity index (χ0) is 19.1. The minimum absolute atomic E-state index is 0.142. The standard InChI is InChI=1S/C19H19Cl2N3O2/c1-12(2)17(19(26)24-22-11-13-6-4-3-5-7-13)23-18(25)15-9-8-14(20)10-16(15)21/h3-12,17H,1-2H3,(H,23,25)(H,24,26)/b22-11-. The molecular weight excluding hydrogens is 373 g/mol. The first kappa shape index (κ1) is 19.9. The van der Waals surface area contributed by atoms with E-state index in [1.165, 1.54) is 18.3 Å². The van der Waals surface area contributed by atoms with E-state index in [2.05, 4.69) is 15.8 Å². The molecule has 7 heteroatoms. The molecule has 0 aliphatic carbocycles. The Morgan fingerprint density at radius 3 is 2.38 bits per heavy atom. The number of carbonyl (C=O) groups excluding carboxylic acids is 2. The van der Waals surface area contributed by atoms with Gasteiger partial charge in [0, 0.05) is 5.02 Å². The summed E-state index contributed by atoms with van der Waals surface area (Å²) >= 11 is 11.9. The molecule has 0 saturated carbocycles. The maximum Gasteiger partial charge on any atom is 0.262 e. The third-order valence-electron chi connectivity index (χ3n) is 3.60. The van der Waals surface area contributed by atoms with Gasteiger partial charge in [0.05, 0.1) is 16.8 Å². The lowest BCUT2D eigenvalue weighted by Crippen LogP contribution is -2.48. The minimum Gasteiger partial charge on any atom is -0.340 e. The molecule has 26 heavy (non-hydrogen) atoms. The number of halogens is 2. The summed E-state index contributed by atoms with van der Waals surface area (Å²) in [7, 11) is 0. The highest BCUT2D eigenvalue weighted by molar-refractivity contribution is 6.36. The van der Waals surface area contributed by atoms with E-state index in [0.717, 1.165) is 5.56 Å². The number of hydrogen-bond donors (Lipinski definition) is 2. The second-order valence-corrected chi connectivity index (χ2v) is 6.81. The third-order valence-corrected chi connectivity index (χ3v) is 4.15. The summed E-state index contributed by atoms with van der Waals surface area (Å²) < 4.78 is 0. The smallest absolute Gasteiger partial charge is 0.262 e. The van der Waals surface area contributed by atoms with Gasteiger partial charge in [-0.25, -0.2) is 5.43 Å². The number of nitrogens with one attached hydrogen (secondary N) is 2. The van der Waals surface area contributed by atoms with Crippen LogP contribution in [0, 0.1) is 5.92 Å². The van der Waals surface area contributed by atoms with Gasteiger partial charge in [-0.15, -0.1) is 0 Å². The van der Waals surface area contributed by atoms with Crippen LogP contribution in [0.5, 0.6) is 0 Å². The van der Waals surface area contributed by atoms with Gasteiger partial charge >= 0.3 is 0 Å². The number of benzene rings is 2. The maximum atomic E-state index is 12.4. The molecule has 0 aliphatic rings. The molecule has 1 atom stereocenters. The number of amides is 2. The van der Waals surface area contributed by atoms with Crippen molar-refractivity contribution in [2.75, 3.05) is 0 Å². The van der Waals surface area contributed by atoms with Crippen molar-refractivity contribution in [1.82, 2.24) is 10.7 Å². The van der Waals surface area contributed by atoms with Gasteiger partial charge in [0.1, 0.15) is 6.04 Å². The van der Waals surface area contributed by atoms with E-state index in [1.54, 1.807) is 6.07 Å². The lowest BCUT2D eigenvalue weighted by atomic mass is 10.0. The Labute approximate surface area is 162 Å². The van der Waals surface area contributed by atoms with Crippen molar-refractivity contribution in [3.63, 3.8) is 0 Å². The molecule has 2 N–H and O–H groups in total. The Bertz CT molecular complexity index is 808. The summed E-state index contributed by atoms with van der Waals surface area (Å²) in [4.78, 5) is 24.8. The summed E-state index contributed by atoms with van der Waals surface area (Å²) in [5, 5.41) is 7.28. The van der Waals surface area contributed by atoms with Crippen molar-refractivity contribution in [2.45, 2.75) is 19.9 Å². The third kappa shape index (κ3) is 5.58. The lowest BCUT2D eigenvalue weighted by molar-refractivity contribution is -0.123. The fourth-order valence-corrected chi connectivity index (χ4v) is 2.70. The van der Waals surface area contributed by atoms with E-state index in [-0.39, 0.29) is 16.5 Å². The number of hydrazone groups is 1. The van der Waals surface area contributed by atoms with Gasteiger partial charge in [-0.05, 0) is 29.7 Å². The fraction of sp³-hybridized carbons (Fsp3) is 0.211. The lowest BCUT2D eigenvalue weighted by Gasteiger charge is -2.20. The average molecular weight is 392 g/mol. The van der Waals surface area contributed by atoms with E-state index in [4.69, 9.17) is 23.2 Å². The van der Waals surface area contributed by atoms with Gasteiger partial charge in [-0.2, -0.15) is 5.10 Å². The largest absolute Gasteiger partial charge is 0.340 e. The Balaban J connectivity index is 2.04. The SMILES string of the molecule is CC(C)C(NC(=O)c1ccc(Cl)cc1Cl)C(=O)N/N=C\c1ccccc1. The van der Waals surface area contributed by atoms with Crippen molar-refractivity contribution >= 4 is 41.2 Å². The van der Waals surface area contributed by atoms with Crippen molar-refractivity contribution in [1.29, 1.82) is 0 Å². The van der Waals surface area contributed by atoms with Gasteiger partial charge in [-0.1, -0.05) is 67.4 Å². The Morgan fingerprint density at radius 2 is 1.77 bits per heavy atom. The van der Waals surface area contributed by atoms with E-state index in [1.807, 2.05) is 44.2 Å². The zero-order valence-electron chi connectivity index (χ0n) is 14.4.